The Hall–Kier alpha value is -2.35. The molecule has 0 aliphatic carbocycles. The molecule has 2 aromatic carbocycles. The van der Waals surface area contributed by atoms with Crippen molar-refractivity contribution < 1.29 is 17.2 Å². The molecule has 0 saturated carbocycles. The van der Waals surface area contributed by atoms with Crippen molar-refractivity contribution in [1.82, 2.24) is 9.88 Å². The third kappa shape index (κ3) is 5.47. The molecule has 0 N–H and O–H groups in total. The van der Waals surface area contributed by atoms with Gasteiger partial charge in [-0.1, -0.05) is 29.8 Å². The summed E-state index contributed by atoms with van der Waals surface area (Å²) in [6, 6.07) is 14.3. The van der Waals surface area contributed by atoms with Crippen LogP contribution in [0.5, 0.6) is 0 Å². The first kappa shape index (κ1) is 21.9. The molecule has 0 bridgehead atoms. The highest BCUT2D eigenvalue weighted by Crippen LogP contribution is 2.35. The van der Waals surface area contributed by atoms with Gasteiger partial charge in [-0.2, -0.15) is 0 Å². The zero-order valence-electron chi connectivity index (χ0n) is 16.6. The van der Waals surface area contributed by atoms with Crippen LogP contribution in [0, 0.1) is 17.6 Å². The Bertz CT molecular complexity index is 1130. The van der Waals surface area contributed by atoms with E-state index in [0.717, 1.165) is 29.3 Å². The number of nitrogens with zero attached hydrogens (tertiary/aromatic N) is 2. The maximum absolute atomic E-state index is 13.4. The minimum Gasteiger partial charge on any atom is -0.292 e. The van der Waals surface area contributed by atoms with Gasteiger partial charge in [0.05, 0.1) is 17.5 Å². The molecule has 2 heterocycles. The molecule has 0 radical (unpaired) electrons. The van der Waals surface area contributed by atoms with Gasteiger partial charge in [0.2, 0.25) is 0 Å². The lowest BCUT2D eigenvalue weighted by molar-refractivity contribution is 0.0811. The average Bonchev–Trinajstić information content (AvgIpc) is 2.67. The summed E-state index contributed by atoms with van der Waals surface area (Å²) in [5.74, 6) is -2.00. The lowest BCUT2D eigenvalue weighted by atomic mass is 9.92. The van der Waals surface area contributed by atoms with E-state index in [0.29, 0.717) is 18.1 Å². The normalized spacial score (nSPS) is 16.1. The number of benzene rings is 2. The van der Waals surface area contributed by atoms with Crippen molar-refractivity contribution >= 4 is 21.4 Å². The number of rotatable bonds is 7. The van der Waals surface area contributed by atoms with Gasteiger partial charge in [-0.05, 0) is 52.9 Å². The highest BCUT2D eigenvalue weighted by Gasteiger charge is 2.36. The molecule has 1 aliphatic heterocycles. The zero-order valence-corrected chi connectivity index (χ0v) is 18.2. The van der Waals surface area contributed by atoms with Crippen LogP contribution < -0.4 is 0 Å². The van der Waals surface area contributed by atoms with Crippen LogP contribution >= 0.6 is 11.6 Å². The lowest BCUT2D eigenvalue weighted by Crippen LogP contribution is -2.51. The van der Waals surface area contributed by atoms with Crippen LogP contribution in [0.25, 0.3) is 0 Å². The summed E-state index contributed by atoms with van der Waals surface area (Å²) < 4.78 is 51.9. The second-order valence-electron chi connectivity index (χ2n) is 7.89. The van der Waals surface area contributed by atoms with Crippen molar-refractivity contribution in [3.05, 3.63) is 100 Å². The van der Waals surface area contributed by atoms with Gasteiger partial charge in [0.15, 0.2) is 9.84 Å². The third-order valence-corrected chi connectivity index (χ3v) is 7.34. The molecular formula is C23H21ClF2N2O2S. The van der Waals surface area contributed by atoms with Gasteiger partial charge in [0, 0.05) is 36.6 Å². The van der Waals surface area contributed by atoms with Crippen molar-refractivity contribution in [2.24, 2.45) is 5.92 Å². The van der Waals surface area contributed by atoms with Crippen molar-refractivity contribution in [1.29, 1.82) is 0 Å². The van der Waals surface area contributed by atoms with E-state index in [2.05, 4.69) is 9.88 Å². The molecule has 0 amide bonds. The lowest BCUT2D eigenvalue weighted by Gasteiger charge is -2.44. The number of halogens is 3. The molecule has 8 heteroatoms. The average molecular weight is 463 g/mol. The van der Waals surface area contributed by atoms with Gasteiger partial charge >= 0.3 is 0 Å². The molecule has 4 rings (SSSR count). The molecule has 1 unspecified atom stereocenters. The molecule has 1 atom stereocenters. The first-order valence-corrected chi connectivity index (χ1v) is 12.0. The Balaban J connectivity index is 1.45. The molecule has 162 valence electrons. The molecular weight excluding hydrogens is 442 g/mol. The molecule has 1 aromatic heterocycles. The van der Waals surface area contributed by atoms with Crippen LogP contribution in [0.4, 0.5) is 8.78 Å². The summed E-state index contributed by atoms with van der Waals surface area (Å²) in [6.45, 7) is 1.19. The maximum Gasteiger partial charge on any atom is 0.154 e. The number of aromatic nitrogens is 1. The van der Waals surface area contributed by atoms with Gasteiger partial charge in [-0.15, -0.1) is 0 Å². The Kier molecular flexibility index (Phi) is 6.36. The molecule has 0 spiro atoms. The van der Waals surface area contributed by atoms with Crippen LogP contribution in [0.2, 0.25) is 5.02 Å². The van der Waals surface area contributed by atoms with Gasteiger partial charge < -0.3 is 0 Å². The summed E-state index contributed by atoms with van der Waals surface area (Å²) in [7, 11) is -3.50. The topological polar surface area (TPSA) is 50.3 Å². The standard InChI is InChI=1S/C23H21ClF2N2O2S/c24-20-5-3-18(4-6-20)23(19-2-1-7-27-11-19)28-12-17(13-28)15-31(29,30)14-16-8-21(25)10-22(26)9-16/h1-11,17,23H,12-15H2. The fourth-order valence-corrected chi connectivity index (χ4v) is 5.94. The number of likely N-dealkylation sites (tertiary alicyclic amines) is 1. The van der Waals surface area contributed by atoms with Gasteiger partial charge in [0.25, 0.3) is 0 Å². The molecule has 1 saturated heterocycles. The van der Waals surface area contributed by atoms with Gasteiger partial charge in [-0.3, -0.25) is 9.88 Å². The van der Waals surface area contributed by atoms with Crippen LogP contribution in [0.3, 0.4) is 0 Å². The molecule has 1 aliphatic rings. The van der Waals surface area contributed by atoms with E-state index < -0.39 is 21.5 Å². The van der Waals surface area contributed by atoms with Gasteiger partial charge in [-0.25, -0.2) is 17.2 Å². The summed E-state index contributed by atoms with van der Waals surface area (Å²) >= 11 is 6.03. The van der Waals surface area contributed by atoms with E-state index in [1.54, 1.807) is 6.20 Å². The van der Waals surface area contributed by atoms with Crippen molar-refractivity contribution in [3.63, 3.8) is 0 Å². The molecule has 31 heavy (non-hydrogen) atoms. The number of hydrogen-bond acceptors (Lipinski definition) is 4. The first-order chi connectivity index (χ1) is 14.8. The predicted molar refractivity (Wildman–Crippen MR) is 116 cm³/mol. The Morgan fingerprint density at radius 1 is 1.03 bits per heavy atom. The second-order valence-corrected chi connectivity index (χ2v) is 10.4. The van der Waals surface area contributed by atoms with Gasteiger partial charge in [0.1, 0.15) is 11.6 Å². The van der Waals surface area contributed by atoms with Crippen LogP contribution in [-0.4, -0.2) is 37.1 Å². The minimum absolute atomic E-state index is 0.0258. The Labute approximate surface area is 185 Å². The SMILES string of the molecule is O=S(=O)(Cc1cc(F)cc(F)c1)CC1CN(C(c2ccc(Cl)cc2)c2cccnc2)C1. The second kappa shape index (κ2) is 9.02. The van der Waals surface area contributed by atoms with Crippen LogP contribution in [0.15, 0.2) is 67.0 Å². The zero-order chi connectivity index (χ0) is 22.0. The number of hydrogen-bond donors (Lipinski definition) is 0. The van der Waals surface area contributed by atoms with Crippen LogP contribution in [-0.2, 0) is 15.6 Å². The monoisotopic (exact) mass is 462 g/mol. The predicted octanol–water partition coefficient (Wildman–Crippen LogP) is 4.65. The summed E-state index contributed by atoms with van der Waals surface area (Å²) in [5.41, 5.74) is 2.19. The number of pyridine rings is 1. The first-order valence-electron chi connectivity index (χ1n) is 9.84. The maximum atomic E-state index is 13.4. The van der Waals surface area contributed by atoms with E-state index in [1.165, 1.54) is 0 Å². The van der Waals surface area contributed by atoms with E-state index in [1.807, 2.05) is 42.6 Å². The van der Waals surface area contributed by atoms with E-state index >= 15 is 0 Å². The quantitative estimate of drug-likeness (QED) is 0.513. The van der Waals surface area contributed by atoms with E-state index in [9.17, 15) is 17.2 Å². The fraction of sp³-hybridized carbons (Fsp3) is 0.261. The fourth-order valence-electron chi connectivity index (χ4n) is 4.09. The molecule has 1 fully saturated rings. The smallest absolute Gasteiger partial charge is 0.154 e. The summed E-state index contributed by atoms with van der Waals surface area (Å²) in [5, 5.41) is 0.648. The third-order valence-electron chi connectivity index (χ3n) is 5.34. The van der Waals surface area contributed by atoms with E-state index in [4.69, 9.17) is 11.6 Å². The number of sulfone groups is 1. The summed E-state index contributed by atoms with van der Waals surface area (Å²) in [6.07, 6.45) is 3.52. The van der Waals surface area contributed by atoms with Crippen molar-refractivity contribution in [2.45, 2.75) is 11.8 Å². The van der Waals surface area contributed by atoms with Crippen molar-refractivity contribution in [3.8, 4) is 0 Å². The summed E-state index contributed by atoms with van der Waals surface area (Å²) in [4.78, 5) is 6.42. The van der Waals surface area contributed by atoms with Crippen LogP contribution in [0.1, 0.15) is 22.7 Å². The highest BCUT2D eigenvalue weighted by molar-refractivity contribution is 7.90. The minimum atomic E-state index is -3.50. The highest BCUT2D eigenvalue weighted by atomic mass is 35.5. The Morgan fingerprint density at radius 3 is 2.32 bits per heavy atom. The van der Waals surface area contributed by atoms with Crippen molar-refractivity contribution in [2.75, 3.05) is 18.8 Å². The molecule has 3 aromatic rings. The molecule has 4 nitrogen and oxygen atoms in total. The Morgan fingerprint density at radius 2 is 1.71 bits per heavy atom. The van der Waals surface area contributed by atoms with E-state index in [-0.39, 0.29) is 29.0 Å². The largest absolute Gasteiger partial charge is 0.292 e.